The van der Waals surface area contributed by atoms with Gasteiger partial charge in [0.2, 0.25) is 5.91 Å². The summed E-state index contributed by atoms with van der Waals surface area (Å²) in [7, 11) is 1.75. The monoisotopic (exact) mass is 363 g/mol. The summed E-state index contributed by atoms with van der Waals surface area (Å²) in [6, 6.07) is 11.3. The number of likely N-dealkylation sites (N-methyl/N-ethyl adjacent to an activating group) is 1. The number of nitriles is 1. The fourth-order valence-electron chi connectivity index (χ4n) is 2.64. The van der Waals surface area contributed by atoms with Crippen LogP contribution in [0.25, 0.3) is 11.0 Å². The molecule has 0 saturated carbocycles. The van der Waals surface area contributed by atoms with Crippen LogP contribution in [0.1, 0.15) is 16.7 Å². The number of benzene rings is 1. The van der Waals surface area contributed by atoms with Crippen LogP contribution in [0, 0.1) is 18.3 Å². The first kappa shape index (κ1) is 18.5. The molecule has 0 N–H and O–H groups in total. The van der Waals surface area contributed by atoms with Crippen LogP contribution in [0.15, 0.2) is 42.7 Å². The van der Waals surface area contributed by atoms with Crippen molar-refractivity contribution in [2.24, 2.45) is 0 Å². The van der Waals surface area contributed by atoms with Crippen LogP contribution in [0.2, 0.25) is 0 Å². The molecule has 138 valence electrons. The average molecular weight is 363 g/mol. The largest absolute Gasteiger partial charge is 0.375 e. The number of fused-ring (bicyclic) bond motifs is 1. The summed E-state index contributed by atoms with van der Waals surface area (Å²) in [6.45, 7) is 3.48. The molecule has 2 aromatic heterocycles. The van der Waals surface area contributed by atoms with Crippen LogP contribution in [-0.2, 0) is 22.7 Å². The highest BCUT2D eigenvalue weighted by Gasteiger charge is 2.12. The molecule has 3 aromatic rings. The topological polar surface area (TPSA) is 84.0 Å². The number of nitrogens with zero attached hydrogens (tertiary/aromatic N) is 5. The quantitative estimate of drug-likeness (QED) is 0.601. The number of aromatic nitrogens is 3. The Morgan fingerprint density at radius 2 is 2.07 bits per heavy atom. The molecule has 0 aliphatic heterocycles. The molecular weight excluding hydrogens is 342 g/mol. The normalized spacial score (nSPS) is 10.7. The zero-order valence-corrected chi connectivity index (χ0v) is 15.4. The highest BCUT2D eigenvalue weighted by Crippen LogP contribution is 2.12. The van der Waals surface area contributed by atoms with Crippen LogP contribution in [-0.4, -0.2) is 45.8 Å². The Hall–Kier alpha value is -3.24. The van der Waals surface area contributed by atoms with Gasteiger partial charge in [0, 0.05) is 25.2 Å². The van der Waals surface area contributed by atoms with E-state index in [0.29, 0.717) is 31.0 Å². The van der Waals surface area contributed by atoms with E-state index in [0.717, 1.165) is 16.5 Å². The van der Waals surface area contributed by atoms with E-state index in [2.05, 4.69) is 16.2 Å². The van der Waals surface area contributed by atoms with Gasteiger partial charge in [0.15, 0.2) is 5.65 Å². The van der Waals surface area contributed by atoms with Crippen molar-refractivity contribution in [3.8, 4) is 6.07 Å². The summed E-state index contributed by atoms with van der Waals surface area (Å²) in [4.78, 5) is 18.4. The van der Waals surface area contributed by atoms with Crippen LogP contribution in [0.3, 0.4) is 0 Å². The summed E-state index contributed by atoms with van der Waals surface area (Å²) in [5, 5.41) is 14.0. The smallest absolute Gasteiger partial charge is 0.244 e. The van der Waals surface area contributed by atoms with Gasteiger partial charge in [-0.05, 0) is 36.2 Å². The number of hydrogen-bond acceptors (Lipinski definition) is 5. The molecule has 0 aliphatic carbocycles. The van der Waals surface area contributed by atoms with Crippen molar-refractivity contribution in [2.45, 2.75) is 20.1 Å². The average Bonchev–Trinajstić information content (AvgIpc) is 3.07. The molecule has 0 unspecified atom stereocenters. The first-order valence-corrected chi connectivity index (χ1v) is 8.66. The zero-order valence-electron chi connectivity index (χ0n) is 15.4. The summed E-state index contributed by atoms with van der Waals surface area (Å²) < 4.78 is 7.24. The van der Waals surface area contributed by atoms with E-state index in [-0.39, 0.29) is 12.5 Å². The molecule has 0 bridgehead atoms. The van der Waals surface area contributed by atoms with Crippen LogP contribution >= 0.6 is 0 Å². The van der Waals surface area contributed by atoms with Gasteiger partial charge in [-0.1, -0.05) is 12.1 Å². The molecule has 1 amide bonds. The highest BCUT2D eigenvalue weighted by molar-refractivity contribution is 5.79. The number of carbonyl (C=O) groups is 1. The van der Waals surface area contributed by atoms with Crippen molar-refractivity contribution in [2.75, 3.05) is 20.2 Å². The number of rotatable bonds is 7. The molecule has 0 saturated heterocycles. The van der Waals surface area contributed by atoms with E-state index in [9.17, 15) is 4.79 Å². The maximum Gasteiger partial charge on any atom is 0.244 e. The van der Waals surface area contributed by atoms with Gasteiger partial charge in [-0.2, -0.15) is 10.4 Å². The summed E-state index contributed by atoms with van der Waals surface area (Å²) in [6.07, 6.45) is 3.50. The van der Waals surface area contributed by atoms with E-state index >= 15 is 0 Å². The zero-order chi connectivity index (χ0) is 19.2. The SMILES string of the molecule is Cc1cnc2c(cnn2CC(=O)N(C)CCOCc2ccc(C#N)cc2)c1. The molecule has 0 aliphatic rings. The third-order valence-electron chi connectivity index (χ3n) is 4.25. The molecule has 1 aromatic carbocycles. The molecule has 7 heteroatoms. The lowest BCUT2D eigenvalue weighted by molar-refractivity contribution is -0.131. The highest BCUT2D eigenvalue weighted by atomic mass is 16.5. The Morgan fingerprint density at radius 3 is 2.81 bits per heavy atom. The molecule has 0 radical (unpaired) electrons. The maximum absolute atomic E-state index is 12.4. The minimum Gasteiger partial charge on any atom is -0.375 e. The minimum atomic E-state index is -0.0515. The van der Waals surface area contributed by atoms with Crippen LogP contribution < -0.4 is 0 Å². The molecule has 2 heterocycles. The van der Waals surface area contributed by atoms with Crippen molar-refractivity contribution < 1.29 is 9.53 Å². The summed E-state index contributed by atoms with van der Waals surface area (Å²) in [5.41, 5.74) is 3.39. The lowest BCUT2D eigenvalue weighted by atomic mass is 10.2. The van der Waals surface area contributed by atoms with Gasteiger partial charge in [-0.3, -0.25) is 4.79 Å². The first-order chi connectivity index (χ1) is 13.1. The van der Waals surface area contributed by atoms with Gasteiger partial charge in [-0.25, -0.2) is 9.67 Å². The van der Waals surface area contributed by atoms with Crippen molar-refractivity contribution in [3.63, 3.8) is 0 Å². The van der Waals surface area contributed by atoms with E-state index < -0.39 is 0 Å². The Balaban J connectivity index is 1.46. The van der Waals surface area contributed by atoms with Crippen molar-refractivity contribution in [1.82, 2.24) is 19.7 Å². The van der Waals surface area contributed by atoms with Crippen molar-refractivity contribution in [3.05, 3.63) is 59.4 Å². The third kappa shape index (κ3) is 4.68. The second-order valence-electron chi connectivity index (χ2n) is 6.40. The fourth-order valence-corrected chi connectivity index (χ4v) is 2.64. The standard InChI is InChI=1S/C20H21N5O2/c1-15-9-18-12-23-25(20(18)22-11-15)13-19(26)24(2)7-8-27-14-17-5-3-16(10-21)4-6-17/h3-6,9,11-12H,7-8,13-14H2,1-2H3. The van der Waals surface area contributed by atoms with E-state index in [1.807, 2.05) is 25.1 Å². The number of carbonyl (C=O) groups excluding carboxylic acids is 1. The Labute approximate surface area is 157 Å². The number of amides is 1. The predicted octanol–water partition coefficient (Wildman–Crippen LogP) is 2.29. The minimum absolute atomic E-state index is 0.0515. The lowest BCUT2D eigenvalue weighted by Gasteiger charge is -2.17. The molecule has 27 heavy (non-hydrogen) atoms. The Morgan fingerprint density at radius 1 is 1.30 bits per heavy atom. The van der Waals surface area contributed by atoms with Gasteiger partial charge < -0.3 is 9.64 Å². The Kier molecular flexibility index (Phi) is 5.79. The predicted molar refractivity (Wildman–Crippen MR) is 101 cm³/mol. The third-order valence-corrected chi connectivity index (χ3v) is 4.25. The second kappa shape index (κ2) is 8.43. The lowest BCUT2D eigenvalue weighted by Crippen LogP contribution is -2.33. The summed E-state index contributed by atoms with van der Waals surface area (Å²) >= 11 is 0. The van der Waals surface area contributed by atoms with Gasteiger partial charge in [0.1, 0.15) is 6.54 Å². The van der Waals surface area contributed by atoms with E-state index in [4.69, 9.17) is 10.00 Å². The number of hydrogen-bond donors (Lipinski definition) is 0. The first-order valence-electron chi connectivity index (χ1n) is 8.66. The number of pyridine rings is 1. The molecule has 7 nitrogen and oxygen atoms in total. The van der Waals surface area contributed by atoms with Gasteiger partial charge in [0.25, 0.3) is 0 Å². The van der Waals surface area contributed by atoms with Crippen molar-refractivity contribution >= 4 is 16.9 Å². The molecule has 0 fully saturated rings. The molecule has 3 rings (SSSR count). The Bertz CT molecular complexity index is 972. The summed E-state index contributed by atoms with van der Waals surface area (Å²) in [5.74, 6) is -0.0515. The molecular formula is C20H21N5O2. The number of ether oxygens (including phenoxy) is 1. The molecule has 0 atom stereocenters. The van der Waals surface area contributed by atoms with Crippen molar-refractivity contribution in [1.29, 1.82) is 5.26 Å². The van der Waals surface area contributed by atoms with Gasteiger partial charge in [-0.15, -0.1) is 0 Å². The van der Waals surface area contributed by atoms with E-state index in [1.165, 1.54) is 0 Å². The maximum atomic E-state index is 12.4. The fraction of sp³-hybridized carbons (Fsp3) is 0.300. The van der Waals surface area contributed by atoms with Gasteiger partial charge in [0.05, 0.1) is 31.0 Å². The number of aryl methyl sites for hydroxylation is 1. The van der Waals surface area contributed by atoms with E-state index in [1.54, 1.807) is 41.2 Å². The van der Waals surface area contributed by atoms with Crippen LogP contribution in [0.5, 0.6) is 0 Å². The van der Waals surface area contributed by atoms with Gasteiger partial charge >= 0.3 is 0 Å². The van der Waals surface area contributed by atoms with Crippen LogP contribution in [0.4, 0.5) is 0 Å². The second-order valence-corrected chi connectivity index (χ2v) is 6.40. The molecule has 0 spiro atoms.